The number of benzene rings is 5. The van der Waals surface area contributed by atoms with Crippen molar-refractivity contribution in [3.63, 3.8) is 0 Å². The molecule has 0 aliphatic heterocycles. The number of methoxy groups -OCH3 is 2. The molecule has 8 aromatic rings. The number of rotatable bonds is 15. The van der Waals surface area contributed by atoms with E-state index >= 15 is 0 Å². The quantitative estimate of drug-likeness (QED) is 0.0697. The molecule has 0 spiro atoms. The number of aromatic nitrogens is 2. The number of esters is 1. The molecule has 0 amide bonds. The van der Waals surface area contributed by atoms with Crippen molar-refractivity contribution in [2.45, 2.75) is 302 Å². The zero-order valence-corrected chi connectivity index (χ0v) is 82.8. The SMILES string of the molecule is C.CCCCc1ccc(CC(=O)C(C)(C)C)cc1.COC(=O)C(C)(C)C.COc1ccn(C)c1C(=O)C(C)(C)C.Cc1c(C(=O)C(C)(C)C)ccn1C.Cc1cc(C(=O)C(C)(C)C)c(C)o1.Cc1cc(C)c(CC(=O)C(C)(C)C)c(C)c1.Cc1ccc(C(=O)C(C)(C)C)cc1.Cc1ccc(C(=O)C(C)(C)C)cc1.Cc1ccc(CC(=O)C(C)(C)C)cc1. The predicted molar refractivity (Wildman–Crippen MR) is 511 cm³/mol. The Kier molecular flexibility index (Phi) is 46.2. The highest BCUT2D eigenvalue weighted by molar-refractivity contribution is 6.03. The standard InChI is InChI=1S/C16H24O.C15H22O.C13H18O.2C12H16O.C11H17NO2.C11H17NO.C11H16O2.C6H12O2.CH4/c1-5-6-7-13-8-10-14(11-9-13)12-15(17)16(2,3)4;1-10-7-11(2)13(12(3)8-10)9-14(16)15(4,5)6;1-10-5-7-11(8-6-10)9-12(14)13(2,3)4;2*1-9-5-7-10(8-6-9)11(13)12(2,3)4;1-11(2,3)10(13)9-8(14-5)6-7-12(9)4;1-8-9(6-7-12(8)5)10(13)11(2,3)4;1-7-6-9(8(2)13-7)10(12)11(3,4)5;1-6(2,3)5(7)8-4;/h8-11H,5-7,12H2,1-4H3;7-8H,9H2,1-6H3;5-8H,9H2,1-4H3;2*5-8H,1-4H3;6-7H,1-5H3;6-7H,1-5H3;6H,1-5H3;1-4H3;1H4. The van der Waals surface area contributed by atoms with Gasteiger partial charge in [-0.15, -0.1) is 0 Å². The number of carbonyl (C=O) groups is 9. The molecule has 0 aliphatic rings. The summed E-state index contributed by atoms with van der Waals surface area (Å²) in [6, 6.07) is 41.9. The highest BCUT2D eigenvalue weighted by Crippen LogP contribution is 2.31. The molecule has 0 radical (unpaired) electrons. The van der Waals surface area contributed by atoms with Crippen LogP contribution in [-0.4, -0.2) is 75.6 Å². The molecule has 3 heterocycles. The van der Waals surface area contributed by atoms with Crippen LogP contribution in [-0.2, 0) is 63.7 Å². The number of carbonyl (C=O) groups excluding carboxylic acids is 9. The van der Waals surface area contributed by atoms with Crippen LogP contribution < -0.4 is 4.74 Å². The molecule has 0 saturated carbocycles. The molecule has 3 aromatic heterocycles. The molecule has 0 fully saturated rings. The molecule has 0 atom stereocenters. The lowest BCUT2D eigenvalue weighted by atomic mass is 9.85. The maximum Gasteiger partial charge on any atom is 0.310 e. The Morgan fingerprint density at radius 2 is 0.680 bits per heavy atom. The normalized spacial score (nSPS) is 11.4. The molecule has 0 unspecified atom stereocenters. The summed E-state index contributed by atoms with van der Waals surface area (Å²) in [6.07, 6.45) is 9.02. The van der Waals surface area contributed by atoms with Crippen molar-refractivity contribution in [1.82, 2.24) is 9.13 Å². The third-order valence-electron chi connectivity index (χ3n) is 19.6. The number of ether oxygens (including phenoxy) is 2. The molecular formula is C108H162N2O12. The fraction of sp³-hybridized carbons (Fsp3) is 0.528. The van der Waals surface area contributed by atoms with E-state index in [2.05, 4.69) is 75.8 Å². The van der Waals surface area contributed by atoms with Gasteiger partial charge >= 0.3 is 5.97 Å². The summed E-state index contributed by atoms with van der Waals surface area (Å²) >= 11 is 0. The van der Waals surface area contributed by atoms with Crippen molar-refractivity contribution >= 4 is 52.2 Å². The Morgan fingerprint density at radius 3 is 0.967 bits per heavy atom. The largest absolute Gasteiger partial charge is 0.494 e. The summed E-state index contributed by atoms with van der Waals surface area (Å²) in [7, 11) is 6.78. The second kappa shape index (κ2) is 49.2. The molecular weight excluding hydrogens is 1520 g/mol. The van der Waals surface area contributed by atoms with Gasteiger partial charge < -0.3 is 23.0 Å². The van der Waals surface area contributed by atoms with Gasteiger partial charge in [-0.05, 0) is 148 Å². The fourth-order valence-corrected chi connectivity index (χ4v) is 11.1. The van der Waals surface area contributed by atoms with Crippen LogP contribution in [0.5, 0.6) is 5.75 Å². The molecule has 5 aromatic carbocycles. The molecule has 676 valence electrons. The van der Waals surface area contributed by atoms with Crippen molar-refractivity contribution in [3.05, 3.63) is 241 Å². The number of hydrogen-bond acceptors (Lipinski definition) is 12. The minimum Gasteiger partial charge on any atom is -0.494 e. The second-order valence-corrected chi connectivity index (χ2v) is 41.3. The summed E-state index contributed by atoms with van der Waals surface area (Å²) in [5, 5.41) is 0. The van der Waals surface area contributed by atoms with Crippen LogP contribution in [0.4, 0.5) is 0 Å². The highest BCUT2D eigenvalue weighted by atomic mass is 16.5. The zero-order valence-electron chi connectivity index (χ0n) is 82.8. The summed E-state index contributed by atoms with van der Waals surface area (Å²) in [4.78, 5) is 106. The van der Waals surface area contributed by atoms with Gasteiger partial charge in [0.2, 0.25) is 0 Å². The van der Waals surface area contributed by atoms with Crippen LogP contribution in [0.3, 0.4) is 0 Å². The van der Waals surface area contributed by atoms with Crippen LogP contribution in [0, 0.1) is 111 Å². The number of ketones is 8. The number of Topliss-reactive ketones (excluding diaryl/α,β-unsaturated/α-hetero) is 8. The first kappa shape index (κ1) is 115. The van der Waals surface area contributed by atoms with E-state index in [0.29, 0.717) is 53.6 Å². The van der Waals surface area contributed by atoms with Crippen LogP contribution in [0.2, 0.25) is 0 Å². The van der Waals surface area contributed by atoms with E-state index in [-0.39, 0.29) is 91.0 Å². The lowest BCUT2D eigenvalue weighted by molar-refractivity contribution is -0.149. The summed E-state index contributed by atoms with van der Waals surface area (Å²) in [6.45, 7) is 72.4. The average molecular weight is 1680 g/mol. The maximum atomic E-state index is 12.0. The lowest BCUT2D eigenvalue weighted by Gasteiger charge is -2.18. The number of unbranched alkanes of at least 4 members (excludes halogenated alkanes) is 1. The molecule has 122 heavy (non-hydrogen) atoms. The van der Waals surface area contributed by atoms with Gasteiger partial charge in [0.1, 0.15) is 40.3 Å². The molecule has 0 aliphatic carbocycles. The summed E-state index contributed by atoms with van der Waals surface area (Å²) in [5.41, 5.74) is 14.4. The third kappa shape index (κ3) is 41.6. The van der Waals surface area contributed by atoms with E-state index in [1.165, 1.54) is 64.5 Å². The van der Waals surface area contributed by atoms with Crippen LogP contribution >= 0.6 is 0 Å². The molecule has 0 bridgehead atoms. The summed E-state index contributed by atoms with van der Waals surface area (Å²) in [5.74, 6) is 3.75. The van der Waals surface area contributed by atoms with E-state index in [0.717, 1.165) is 51.5 Å². The van der Waals surface area contributed by atoms with Gasteiger partial charge in [0.05, 0.1) is 25.2 Å². The first-order valence-corrected chi connectivity index (χ1v) is 42.5. The van der Waals surface area contributed by atoms with Gasteiger partial charge in [-0.1, -0.05) is 318 Å². The molecule has 0 saturated heterocycles. The molecule has 14 nitrogen and oxygen atoms in total. The molecule has 0 N–H and O–H groups in total. The minimum atomic E-state index is -0.376. The van der Waals surface area contributed by atoms with Crippen molar-refractivity contribution in [1.29, 1.82) is 0 Å². The van der Waals surface area contributed by atoms with Gasteiger partial charge in [0.25, 0.3) is 0 Å². The van der Waals surface area contributed by atoms with Crippen LogP contribution in [0.25, 0.3) is 0 Å². The van der Waals surface area contributed by atoms with E-state index in [4.69, 9.17) is 9.15 Å². The smallest absolute Gasteiger partial charge is 0.310 e. The fourth-order valence-electron chi connectivity index (χ4n) is 11.1. The lowest BCUT2D eigenvalue weighted by Crippen LogP contribution is -2.23. The third-order valence-corrected chi connectivity index (χ3v) is 19.6. The Hall–Kier alpha value is -9.43. The maximum absolute atomic E-state index is 12.0. The van der Waals surface area contributed by atoms with E-state index in [9.17, 15) is 43.2 Å². The Morgan fingerprint density at radius 1 is 0.352 bits per heavy atom. The van der Waals surface area contributed by atoms with Gasteiger partial charge in [-0.25, -0.2) is 0 Å². The average Bonchev–Trinajstić information content (AvgIpc) is 1.80. The Labute approximate surface area is 739 Å². The van der Waals surface area contributed by atoms with Crippen LogP contribution in [0.1, 0.15) is 339 Å². The van der Waals surface area contributed by atoms with Gasteiger partial charge in [0.15, 0.2) is 28.9 Å². The van der Waals surface area contributed by atoms with Crippen molar-refractivity contribution in [3.8, 4) is 5.75 Å². The first-order chi connectivity index (χ1) is 54.9. The second-order valence-electron chi connectivity index (χ2n) is 41.3. The van der Waals surface area contributed by atoms with Gasteiger partial charge in [-0.2, -0.15) is 0 Å². The van der Waals surface area contributed by atoms with Crippen molar-refractivity contribution in [2.75, 3.05) is 14.2 Å². The monoisotopic (exact) mass is 1680 g/mol. The Balaban J connectivity index is 0. The number of hydrogen-bond donors (Lipinski definition) is 0. The Bertz CT molecular complexity index is 4520. The number of nitrogens with zero attached hydrogens (tertiary/aromatic N) is 2. The highest BCUT2D eigenvalue weighted by Gasteiger charge is 2.31. The number of furan rings is 1. The minimum absolute atomic E-state index is 0. The van der Waals surface area contributed by atoms with Gasteiger partial charge in [-0.3, -0.25) is 43.2 Å². The first-order valence-electron chi connectivity index (χ1n) is 42.5. The van der Waals surface area contributed by atoms with Crippen molar-refractivity contribution in [2.24, 2.45) is 62.8 Å². The van der Waals surface area contributed by atoms with Crippen molar-refractivity contribution < 1.29 is 57.0 Å². The van der Waals surface area contributed by atoms with Gasteiger partial charge in [0, 0.05) is 111 Å². The summed E-state index contributed by atoms with van der Waals surface area (Å²) < 4.78 is 18.7. The van der Waals surface area contributed by atoms with E-state index < -0.39 is 0 Å². The number of aryl methyl sites for hydroxylation is 11. The molecule has 14 heteroatoms. The van der Waals surface area contributed by atoms with E-state index in [1.807, 2.05) is 338 Å². The van der Waals surface area contributed by atoms with Crippen LogP contribution in [0.15, 0.2) is 144 Å². The molecule has 8 rings (SSSR count). The predicted octanol–water partition coefficient (Wildman–Crippen LogP) is 27.3. The van der Waals surface area contributed by atoms with E-state index in [1.54, 1.807) is 17.7 Å². The topological polar surface area (TPSA) is 195 Å². The zero-order chi connectivity index (χ0) is 94.4.